The van der Waals surface area contributed by atoms with E-state index >= 15 is 0 Å². The Morgan fingerprint density at radius 3 is 3.00 bits per heavy atom. The molecule has 0 aliphatic carbocycles. The lowest BCUT2D eigenvalue weighted by Crippen LogP contribution is -1.84. The van der Waals surface area contributed by atoms with Gasteiger partial charge < -0.3 is 5.73 Å². The first-order chi connectivity index (χ1) is 5.29. The highest BCUT2D eigenvalue weighted by molar-refractivity contribution is 14.1. The highest BCUT2D eigenvalue weighted by Gasteiger charge is 2.02. The van der Waals surface area contributed by atoms with Crippen molar-refractivity contribution in [3.63, 3.8) is 0 Å². The van der Waals surface area contributed by atoms with Crippen molar-refractivity contribution in [2.45, 2.75) is 0 Å². The fourth-order valence-electron chi connectivity index (χ4n) is 1.03. The number of fused-ring (bicyclic) bond motifs is 1. The van der Waals surface area contributed by atoms with Gasteiger partial charge in [-0.15, -0.1) is 0 Å². The van der Waals surface area contributed by atoms with E-state index < -0.39 is 0 Å². The molecule has 3 nitrogen and oxygen atoms in total. The van der Waals surface area contributed by atoms with Gasteiger partial charge in [0.05, 0.1) is 5.69 Å². The zero-order valence-corrected chi connectivity index (χ0v) is 7.79. The number of nitrogens with zero attached hydrogens (tertiary/aromatic N) is 1. The van der Waals surface area contributed by atoms with Crippen molar-refractivity contribution in [3.05, 3.63) is 21.9 Å². The third-order valence-electron chi connectivity index (χ3n) is 1.57. The van der Waals surface area contributed by atoms with Gasteiger partial charge in [-0.1, -0.05) is 6.07 Å². The lowest BCUT2D eigenvalue weighted by Gasteiger charge is -1.91. The first-order valence-corrected chi connectivity index (χ1v) is 4.25. The number of anilines is 1. The summed E-state index contributed by atoms with van der Waals surface area (Å²) in [6.45, 7) is 0. The zero-order chi connectivity index (χ0) is 7.84. The molecule has 0 unspecified atom stereocenters. The normalized spacial score (nSPS) is 10.6. The lowest BCUT2D eigenvalue weighted by molar-refractivity contribution is 1.09. The summed E-state index contributed by atoms with van der Waals surface area (Å²) in [7, 11) is 0. The summed E-state index contributed by atoms with van der Waals surface area (Å²) in [6, 6.07) is 5.77. The van der Waals surface area contributed by atoms with Crippen LogP contribution in [-0.2, 0) is 0 Å². The second kappa shape index (κ2) is 2.37. The van der Waals surface area contributed by atoms with Gasteiger partial charge in [0.15, 0.2) is 0 Å². The molecule has 56 valence electrons. The van der Waals surface area contributed by atoms with E-state index in [1.165, 1.54) is 0 Å². The van der Waals surface area contributed by atoms with Crippen molar-refractivity contribution >= 4 is 39.2 Å². The highest BCUT2D eigenvalue weighted by Crippen LogP contribution is 2.21. The molecule has 0 aliphatic rings. The number of rotatable bonds is 0. The Hall–Kier alpha value is -0.780. The van der Waals surface area contributed by atoms with Crippen LogP contribution in [0.2, 0.25) is 0 Å². The Bertz CT molecular complexity index is 393. The van der Waals surface area contributed by atoms with E-state index in [0.717, 1.165) is 20.3 Å². The van der Waals surface area contributed by atoms with Gasteiger partial charge in [-0.25, -0.2) is 0 Å². The minimum atomic E-state index is 0.724. The predicted molar refractivity (Wildman–Crippen MR) is 53.2 cm³/mol. The fraction of sp³-hybridized carbons (Fsp3) is 0. The quantitative estimate of drug-likeness (QED) is 0.559. The van der Waals surface area contributed by atoms with Crippen LogP contribution < -0.4 is 5.73 Å². The molecule has 1 heterocycles. The van der Waals surface area contributed by atoms with Crippen LogP contribution in [0.15, 0.2) is 18.2 Å². The Balaban J connectivity index is 2.94. The largest absolute Gasteiger partial charge is 0.397 e. The van der Waals surface area contributed by atoms with E-state index in [1.807, 2.05) is 18.2 Å². The van der Waals surface area contributed by atoms with Crippen molar-refractivity contribution in [3.8, 4) is 0 Å². The van der Waals surface area contributed by atoms with E-state index in [1.54, 1.807) is 0 Å². The Kier molecular flexibility index (Phi) is 1.49. The van der Waals surface area contributed by atoms with Gasteiger partial charge in [-0.2, -0.15) is 5.10 Å². The SMILES string of the molecule is Nc1cccc2c(I)[nH]nc12. The molecule has 11 heavy (non-hydrogen) atoms. The number of halogens is 1. The Labute approximate surface area is 77.1 Å². The number of nitrogens with one attached hydrogen (secondary N) is 1. The van der Waals surface area contributed by atoms with Crippen molar-refractivity contribution in [2.75, 3.05) is 5.73 Å². The molecule has 0 radical (unpaired) electrons. The molecule has 0 aliphatic heterocycles. The number of aromatic nitrogens is 2. The summed E-state index contributed by atoms with van der Waals surface area (Å²) in [5, 5.41) is 8.02. The first kappa shape index (κ1) is 6.90. The lowest BCUT2D eigenvalue weighted by atomic mass is 10.2. The van der Waals surface area contributed by atoms with E-state index in [-0.39, 0.29) is 0 Å². The van der Waals surface area contributed by atoms with Gasteiger partial charge in [0, 0.05) is 5.39 Å². The maximum Gasteiger partial charge on any atom is 0.116 e. The second-order valence-electron chi connectivity index (χ2n) is 2.28. The van der Waals surface area contributed by atoms with Crippen LogP contribution in [0.3, 0.4) is 0 Å². The Morgan fingerprint density at radius 1 is 1.45 bits per heavy atom. The van der Waals surface area contributed by atoms with Gasteiger partial charge in [0.2, 0.25) is 0 Å². The summed E-state index contributed by atoms with van der Waals surface area (Å²) < 4.78 is 1.03. The van der Waals surface area contributed by atoms with Crippen molar-refractivity contribution in [2.24, 2.45) is 0 Å². The number of nitrogen functional groups attached to an aromatic ring is 1. The number of hydrogen-bond donors (Lipinski definition) is 2. The number of hydrogen-bond acceptors (Lipinski definition) is 2. The molecule has 0 bridgehead atoms. The van der Waals surface area contributed by atoms with Crippen molar-refractivity contribution < 1.29 is 0 Å². The molecule has 0 fully saturated rings. The molecule has 1 aromatic carbocycles. The number of para-hydroxylation sites is 1. The number of H-pyrrole nitrogens is 1. The van der Waals surface area contributed by atoms with Crippen LogP contribution in [0.5, 0.6) is 0 Å². The molecule has 0 saturated carbocycles. The molecular weight excluding hydrogens is 253 g/mol. The van der Waals surface area contributed by atoms with E-state index in [4.69, 9.17) is 5.73 Å². The Morgan fingerprint density at radius 2 is 2.27 bits per heavy atom. The number of aromatic amines is 1. The predicted octanol–water partition coefficient (Wildman–Crippen LogP) is 1.75. The van der Waals surface area contributed by atoms with Crippen molar-refractivity contribution in [1.29, 1.82) is 0 Å². The molecule has 0 amide bonds. The van der Waals surface area contributed by atoms with Crippen LogP contribution in [0, 0.1) is 3.70 Å². The van der Waals surface area contributed by atoms with Gasteiger partial charge in [0.25, 0.3) is 0 Å². The summed E-state index contributed by atoms with van der Waals surface area (Å²) in [5.41, 5.74) is 7.27. The minimum Gasteiger partial charge on any atom is -0.397 e. The summed E-state index contributed by atoms with van der Waals surface area (Å²) in [6.07, 6.45) is 0. The number of nitrogens with two attached hydrogens (primary N) is 1. The summed E-state index contributed by atoms with van der Waals surface area (Å²) in [5.74, 6) is 0. The first-order valence-electron chi connectivity index (χ1n) is 3.17. The van der Waals surface area contributed by atoms with Gasteiger partial charge >= 0.3 is 0 Å². The second-order valence-corrected chi connectivity index (χ2v) is 3.36. The van der Waals surface area contributed by atoms with Crippen LogP contribution >= 0.6 is 22.6 Å². The van der Waals surface area contributed by atoms with Crippen LogP contribution in [0.1, 0.15) is 0 Å². The molecule has 0 spiro atoms. The third-order valence-corrected chi connectivity index (χ3v) is 2.39. The van der Waals surface area contributed by atoms with Gasteiger partial charge in [-0.3, -0.25) is 5.10 Å². The number of benzene rings is 1. The third kappa shape index (κ3) is 0.973. The minimum absolute atomic E-state index is 0.724. The molecule has 0 saturated heterocycles. The monoisotopic (exact) mass is 259 g/mol. The van der Waals surface area contributed by atoms with Crippen LogP contribution in [0.25, 0.3) is 10.9 Å². The maximum atomic E-state index is 5.68. The maximum absolute atomic E-state index is 5.68. The highest BCUT2D eigenvalue weighted by atomic mass is 127. The van der Waals surface area contributed by atoms with Crippen molar-refractivity contribution in [1.82, 2.24) is 10.2 Å². The van der Waals surface area contributed by atoms with E-state index in [2.05, 4.69) is 32.8 Å². The molecule has 2 rings (SSSR count). The molecule has 3 N–H and O–H groups in total. The molecule has 0 atom stereocenters. The van der Waals surface area contributed by atoms with E-state index in [9.17, 15) is 0 Å². The van der Waals surface area contributed by atoms with E-state index in [0.29, 0.717) is 0 Å². The fourth-order valence-corrected chi connectivity index (χ4v) is 1.58. The molecule has 4 heteroatoms. The molecule has 1 aromatic heterocycles. The zero-order valence-electron chi connectivity index (χ0n) is 5.63. The van der Waals surface area contributed by atoms with Crippen LogP contribution in [-0.4, -0.2) is 10.2 Å². The average molecular weight is 259 g/mol. The summed E-state index contributed by atoms with van der Waals surface area (Å²) in [4.78, 5) is 0. The molecule has 2 aromatic rings. The topological polar surface area (TPSA) is 54.7 Å². The van der Waals surface area contributed by atoms with Gasteiger partial charge in [0.1, 0.15) is 9.22 Å². The average Bonchev–Trinajstić information content (AvgIpc) is 2.35. The summed E-state index contributed by atoms with van der Waals surface area (Å²) >= 11 is 2.20. The molecular formula is C7H6IN3. The standard InChI is InChI=1S/C7H6IN3/c8-7-4-2-1-3-5(9)6(4)10-11-7/h1-3H,9H2,(H,10,11). The van der Waals surface area contributed by atoms with Gasteiger partial charge in [-0.05, 0) is 34.7 Å². The smallest absolute Gasteiger partial charge is 0.116 e. The van der Waals surface area contributed by atoms with Crippen LogP contribution in [0.4, 0.5) is 5.69 Å².